The van der Waals surface area contributed by atoms with Crippen LogP contribution in [0.2, 0.25) is 0 Å². The number of alkyl halides is 12. The lowest BCUT2D eigenvalue weighted by molar-refractivity contribution is -0.173. The Labute approximate surface area is 544 Å². The lowest BCUT2D eigenvalue weighted by Gasteiger charge is -2.51. The van der Waals surface area contributed by atoms with Crippen LogP contribution in [-0.2, 0) is 38.8 Å². The van der Waals surface area contributed by atoms with Crippen LogP contribution in [-0.4, -0.2) is 195 Å². The van der Waals surface area contributed by atoms with Gasteiger partial charge in [-0.2, -0.15) is 52.7 Å². The van der Waals surface area contributed by atoms with Crippen LogP contribution in [0.5, 0.6) is 0 Å². The number of nitrogens with one attached hydrogen (secondary N) is 4. The van der Waals surface area contributed by atoms with E-state index in [1.54, 1.807) is 26.3 Å². The second-order valence-electron chi connectivity index (χ2n) is 22.5. The molecule has 0 radical (unpaired) electrons. The van der Waals surface area contributed by atoms with Gasteiger partial charge in [0.2, 0.25) is 0 Å². The Morgan fingerprint density at radius 3 is 0.916 bits per heavy atom. The molecule has 534 valence electrons. The third kappa shape index (κ3) is 28.5. The van der Waals surface area contributed by atoms with Crippen LogP contribution < -0.4 is 32.3 Å². The number of carbonyl (C=O) groups excluding carboxylic acids is 6. The first-order chi connectivity index (χ1) is 44.9. The van der Waals surface area contributed by atoms with Crippen molar-refractivity contribution in [1.29, 1.82) is 0 Å². The molecule has 34 heteroatoms. The molecule has 95 heavy (non-hydrogen) atoms. The summed E-state index contributed by atoms with van der Waals surface area (Å²) in [6.07, 6.45) is -16.7. The van der Waals surface area contributed by atoms with Crippen LogP contribution in [0.3, 0.4) is 0 Å². The fourth-order valence-corrected chi connectivity index (χ4v) is 11.9. The number of hydrazine groups is 2. The maximum absolute atomic E-state index is 14.4. The smallest absolute Gasteiger partial charge is 0.448 e. The number of nitrogens with two attached hydrogens (primary N) is 2. The van der Waals surface area contributed by atoms with Gasteiger partial charge in [-0.3, -0.25) is 39.7 Å². The van der Waals surface area contributed by atoms with Gasteiger partial charge in [-0.1, -0.05) is 147 Å². The molecule has 1 saturated heterocycles. The highest BCUT2D eigenvalue weighted by molar-refractivity contribution is 7.56. The molecule has 0 aromatic heterocycles. The van der Waals surface area contributed by atoms with Gasteiger partial charge in [-0.05, 0) is 68.1 Å². The molecule has 1 aliphatic rings. The molecule has 0 spiro atoms. The third-order valence-electron chi connectivity index (χ3n) is 15.3. The highest BCUT2D eigenvalue weighted by atomic mass is 31.2. The van der Waals surface area contributed by atoms with Crippen molar-refractivity contribution in [2.45, 2.75) is 133 Å². The van der Waals surface area contributed by atoms with Gasteiger partial charge in [-0.25, -0.2) is 19.6 Å². The van der Waals surface area contributed by atoms with Gasteiger partial charge in [0, 0.05) is 91.6 Å². The van der Waals surface area contributed by atoms with E-state index in [0.717, 1.165) is 16.7 Å². The Hall–Kier alpha value is -6.77. The number of carbonyl (C=O) groups is 6. The summed E-state index contributed by atoms with van der Waals surface area (Å²) in [4.78, 5) is 79.3. The van der Waals surface area contributed by atoms with Crippen LogP contribution >= 0.6 is 7.59 Å². The Bertz CT molecular complexity index is 2540. The van der Waals surface area contributed by atoms with Gasteiger partial charge >= 0.3 is 68.1 Å². The van der Waals surface area contributed by atoms with Crippen molar-refractivity contribution < 1.29 is 95.5 Å². The minimum absolute atomic E-state index is 0.0829. The number of amides is 6. The van der Waals surface area contributed by atoms with Gasteiger partial charge in [0.25, 0.3) is 0 Å². The van der Waals surface area contributed by atoms with E-state index in [9.17, 15) is 86.0 Å². The number of benzene rings is 3. The van der Waals surface area contributed by atoms with E-state index in [1.807, 2.05) is 91.0 Å². The second-order valence-corrected chi connectivity index (χ2v) is 24.2. The van der Waals surface area contributed by atoms with Crippen molar-refractivity contribution in [3.63, 3.8) is 0 Å². The summed E-state index contributed by atoms with van der Waals surface area (Å²) >= 11 is 0. The van der Waals surface area contributed by atoms with Gasteiger partial charge in [-0.15, -0.1) is 0 Å². The maximum Gasteiger partial charge on any atom is 0.471 e. The quantitative estimate of drug-likeness (QED) is 0.0102. The molecule has 3 aromatic rings. The van der Waals surface area contributed by atoms with Crippen molar-refractivity contribution in [2.24, 2.45) is 11.0 Å². The van der Waals surface area contributed by atoms with Crippen LogP contribution in [0.4, 0.5) is 62.3 Å². The molecule has 4 rings (SSSR count). The number of rotatable bonds is 41. The number of unbranched alkanes of at least 4 members (excludes halogenated alkanes) is 12. The monoisotopic (exact) mass is 1390 g/mol. The summed E-state index contributed by atoms with van der Waals surface area (Å²) in [7, 11) is -4.41. The van der Waals surface area contributed by atoms with E-state index in [1.165, 1.54) is 19.7 Å². The SMILES string of the molecule is NP(N)(=O)N(N(CCOC(=O)N(CCCCCCNC(=O)C(F)(F)F)CCCCCCNC(=O)C(F)(F)F)CCOC(=O)N(CCCCCCNC(=O)C(F)(F)F)CCCCCCNC(=O)C(F)(F)F)N1CCN(C(c2ccccc2)(c2ccccc2)c2ccccc2)CC1. The zero-order chi connectivity index (χ0) is 70.1. The first-order valence-electron chi connectivity index (χ1n) is 31.5. The number of hydrogen-bond donors (Lipinski definition) is 6. The molecular formula is C61H87F12N12O9P. The molecule has 1 aliphatic heterocycles. The number of nitrogens with zero attached hydrogens (tertiary/aromatic N) is 6. The van der Waals surface area contributed by atoms with Gasteiger partial charge < -0.3 is 40.5 Å². The highest BCUT2D eigenvalue weighted by Crippen LogP contribution is 2.44. The first-order valence-corrected chi connectivity index (χ1v) is 33.3. The zero-order valence-corrected chi connectivity index (χ0v) is 53.7. The summed E-state index contributed by atoms with van der Waals surface area (Å²) in [5.74, 6) is -8.32. The minimum atomic E-state index is -5.05. The first kappa shape index (κ1) is 80.7. The molecule has 0 unspecified atom stereocenters. The van der Waals surface area contributed by atoms with Crippen LogP contribution in [0, 0.1) is 0 Å². The van der Waals surface area contributed by atoms with Crippen molar-refractivity contribution in [3.8, 4) is 0 Å². The predicted octanol–water partition coefficient (Wildman–Crippen LogP) is 9.89. The fraction of sp³-hybridized carbons (Fsp3) is 0.607. The van der Waals surface area contributed by atoms with Gasteiger partial charge in [0.15, 0.2) is 0 Å². The van der Waals surface area contributed by atoms with E-state index >= 15 is 0 Å². The fourth-order valence-electron chi connectivity index (χ4n) is 10.7. The number of piperazine rings is 1. The topological polar surface area (TPSA) is 258 Å². The summed E-state index contributed by atoms with van der Waals surface area (Å²) in [6, 6.07) is 29.6. The predicted molar refractivity (Wildman–Crippen MR) is 328 cm³/mol. The van der Waals surface area contributed by atoms with Crippen LogP contribution in [0.1, 0.15) is 119 Å². The van der Waals surface area contributed by atoms with Crippen molar-refractivity contribution in [2.75, 3.05) is 105 Å². The van der Waals surface area contributed by atoms with E-state index in [-0.39, 0.29) is 104 Å². The molecule has 0 saturated carbocycles. The number of ether oxygens (including phenoxy) is 2. The lowest BCUT2D eigenvalue weighted by Crippen LogP contribution is -2.63. The van der Waals surface area contributed by atoms with Gasteiger partial charge in [0.05, 0.1) is 5.54 Å². The van der Waals surface area contributed by atoms with Crippen molar-refractivity contribution in [1.82, 2.24) is 50.9 Å². The van der Waals surface area contributed by atoms with Crippen LogP contribution in [0.25, 0.3) is 0 Å². The van der Waals surface area contributed by atoms with E-state index < -0.39 is 86.9 Å². The molecule has 3 aromatic carbocycles. The second kappa shape index (κ2) is 40.1. The molecule has 1 fully saturated rings. The Kier molecular flexibility index (Phi) is 34.0. The third-order valence-corrected chi connectivity index (χ3v) is 16.4. The molecule has 1 heterocycles. The van der Waals surface area contributed by atoms with Crippen molar-refractivity contribution >= 4 is 43.4 Å². The van der Waals surface area contributed by atoms with E-state index in [0.29, 0.717) is 90.1 Å². The standard InChI is InChI=1S/C61H87F12N12O9P/c62-58(63,64)51(86)76-32-18-1-5-22-36-80(37-23-6-2-19-33-77-52(87)59(65,66)67)55(90)93-46-44-84(45-47-94-56(91)81(38-24-7-3-20-34-78-53(88)60(68,69)70)39-25-8-4-21-35-79-54(89)61(71,72)73)85(95(74,75)92)83-42-40-82(41-43-83)57(48-26-12-9-13-27-48,49-28-14-10-15-29-49)50-30-16-11-17-31-50/h9-17,26-31H,1-8,18-25,32-47H2,(H,76,86)(H,77,87)(H,78,88)(H,79,89)(H4,74,75,92). The Balaban J connectivity index is 1.58. The number of hydrogen-bond acceptors (Lipinski definition) is 12. The maximum atomic E-state index is 14.4. The zero-order valence-electron chi connectivity index (χ0n) is 52.8. The summed E-state index contributed by atoms with van der Waals surface area (Å²) in [5, 5.41) is 10.3. The van der Waals surface area contributed by atoms with E-state index in [2.05, 4.69) is 4.90 Å². The van der Waals surface area contributed by atoms with Gasteiger partial charge in [0.1, 0.15) is 13.2 Å². The minimum Gasteiger partial charge on any atom is -0.448 e. The molecule has 0 atom stereocenters. The largest absolute Gasteiger partial charge is 0.471 e. The normalized spacial score (nSPS) is 13.7. The van der Waals surface area contributed by atoms with Crippen LogP contribution in [0.15, 0.2) is 91.0 Å². The molecule has 8 N–H and O–H groups in total. The molecule has 0 aliphatic carbocycles. The average molecular weight is 1390 g/mol. The highest BCUT2D eigenvalue weighted by Gasteiger charge is 2.46. The van der Waals surface area contributed by atoms with Crippen molar-refractivity contribution in [3.05, 3.63) is 108 Å². The lowest BCUT2D eigenvalue weighted by atomic mass is 9.75. The molecule has 0 bridgehead atoms. The summed E-state index contributed by atoms with van der Waals surface area (Å²) < 4.78 is 179. The average Bonchev–Trinajstić information content (AvgIpc) is 0.736. The summed E-state index contributed by atoms with van der Waals surface area (Å²) in [5.41, 5.74) is 14.9. The van der Waals surface area contributed by atoms with E-state index in [4.69, 9.17) is 20.5 Å². The molecule has 6 amide bonds. The summed E-state index contributed by atoms with van der Waals surface area (Å²) in [6.45, 7) is -1.16. The Morgan fingerprint density at radius 2 is 0.663 bits per heavy atom. The molecule has 21 nitrogen and oxygen atoms in total. The number of halogens is 12. The Morgan fingerprint density at radius 1 is 0.400 bits per heavy atom. The molecular weight excluding hydrogens is 1300 g/mol.